The van der Waals surface area contributed by atoms with Gasteiger partial charge < -0.3 is 4.90 Å². The lowest BCUT2D eigenvalue weighted by atomic mass is 9.86. The summed E-state index contributed by atoms with van der Waals surface area (Å²) in [5, 5.41) is 0. The first-order valence-electron chi connectivity index (χ1n) is 9.57. The van der Waals surface area contributed by atoms with Gasteiger partial charge in [0.2, 0.25) is 5.91 Å². The molecule has 0 aromatic heterocycles. The summed E-state index contributed by atoms with van der Waals surface area (Å²) in [4.78, 5) is 13.1. The Labute approximate surface area is 141 Å². The molecule has 0 N–H and O–H groups in total. The second-order valence-electron chi connectivity index (χ2n) is 7.01. The second kappa shape index (κ2) is 14.1. The molecule has 0 spiro atoms. The van der Waals surface area contributed by atoms with Crippen molar-refractivity contribution in [2.45, 2.75) is 87.5 Å². The van der Waals surface area contributed by atoms with Gasteiger partial charge in [0.15, 0.2) is 0 Å². The third-order valence-corrected chi connectivity index (χ3v) is 4.77. The van der Waals surface area contributed by atoms with Crippen molar-refractivity contribution >= 4 is 5.91 Å². The summed E-state index contributed by atoms with van der Waals surface area (Å²) in [6, 6.07) is 0. The van der Waals surface area contributed by atoms with Crippen LogP contribution >= 0.6 is 0 Å². The molecular formula is C20H43NO. The summed E-state index contributed by atoms with van der Waals surface area (Å²) in [5.41, 5.74) is 0. The fourth-order valence-corrected chi connectivity index (χ4v) is 2.92. The molecule has 1 aliphatic rings. The summed E-state index contributed by atoms with van der Waals surface area (Å²) >= 11 is 0. The molecule has 2 unspecified atom stereocenters. The molecule has 1 fully saturated rings. The Hall–Kier alpha value is -0.530. The number of hydrogen-bond donors (Lipinski definition) is 0. The lowest BCUT2D eigenvalue weighted by Gasteiger charge is -2.30. The normalized spacial score (nSPS) is 19.3. The quantitative estimate of drug-likeness (QED) is 0.609. The predicted octanol–water partition coefficient (Wildman–Crippen LogP) is 6.01. The van der Waals surface area contributed by atoms with E-state index in [1.807, 2.05) is 25.8 Å². The number of rotatable bonds is 5. The van der Waals surface area contributed by atoms with Crippen molar-refractivity contribution in [1.29, 1.82) is 0 Å². The van der Waals surface area contributed by atoms with E-state index in [4.69, 9.17) is 0 Å². The highest BCUT2D eigenvalue weighted by Gasteiger charge is 2.24. The Morgan fingerprint density at radius 2 is 1.68 bits per heavy atom. The van der Waals surface area contributed by atoms with E-state index in [1.165, 1.54) is 25.7 Å². The Bertz CT molecular complexity index is 260. The van der Waals surface area contributed by atoms with Crippen LogP contribution in [0.3, 0.4) is 0 Å². The first-order valence-corrected chi connectivity index (χ1v) is 9.57. The van der Waals surface area contributed by atoms with E-state index < -0.39 is 0 Å². The van der Waals surface area contributed by atoms with Crippen LogP contribution in [0.5, 0.6) is 0 Å². The summed E-state index contributed by atoms with van der Waals surface area (Å²) < 4.78 is 0. The van der Waals surface area contributed by atoms with Gasteiger partial charge in [-0.1, -0.05) is 74.7 Å². The standard InChI is InChI=1S/C9H17NO.C9H20.C2H6/c1-7(2)8-4-5-10(3)9(11)6-8;1-5-7-9(6-2)8(3)4;1-2/h7-8H,4-6H2,1-3H3;8-9H,5-7H2,1-4H3;1-2H3. The van der Waals surface area contributed by atoms with Gasteiger partial charge in [0.1, 0.15) is 0 Å². The van der Waals surface area contributed by atoms with Crippen LogP contribution in [0.25, 0.3) is 0 Å². The van der Waals surface area contributed by atoms with Crippen molar-refractivity contribution in [3.05, 3.63) is 0 Å². The van der Waals surface area contributed by atoms with Crippen LogP contribution in [-0.4, -0.2) is 24.4 Å². The van der Waals surface area contributed by atoms with Crippen LogP contribution in [-0.2, 0) is 4.79 Å². The maximum atomic E-state index is 11.2. The molecule has 2 heteroatoms. The maximum absolute atomic E-state index is 11.2. The molecule has 0 radical (unpaired) electrons. The number of piperidine rings is 1. The molecule has 0 bridgehead atoms. The van der Waals surface area contributed by atoms with Crippen LogP contribution in [0.4, 0.5) is 0 Å². The van der Waals surface area contributed by atoms with E-state index in [2.05, 4.69) is 41.5 Å². The van der Waals surface area contributed by atoms with E-state index >= 15 is 0 Å². The SMILES string of the molecule is CC.CC(C)C1CCN(C)C(=O)C1.CCCC(CC)C(C)C. The van der Waals surface area contributed by atoms with E-state index in [0.717, 1.165) is 24.8 Å². The molecule has 1 aliphatic heterocycles. The van der Waals surface area contributed by atoms with Gasteiger partial charge in [0.25, 0.3) is 0 Å². The van der Waals surface area contributed by atoms with Gasteiger partial charge in [-0.3, -0.25) is 4.79 Å². The molecule has 134 valence electrons. The molecule has 0 aromatic carbocycles. The lowest BCUT2D eigenvalue weighted by molar-refractivity contribution is -0.134. The fraction of sp³-hybridized carbons (Fsp3) is 0.950. The summed E-state index contributed by atoms with van der Waals surface area (Å²) in [6.45, 7) is 18.5. The molecule has 22 heavy (non-hydrogen) atoms. The van der Waals surface area contributed by atoms with Crippen molar-refractivity contribution in [3.8, 4) is 0 Å². The largest absolute Gasteiger partial charge is 0.346 e. The molecule has 1 saturated heterocycles. The summed E-state index contributed by atoms with van der Waals surface area (Å²) in [7, 11) is 1.89. The first kappa shape index (κ1) is 23.7. The lowest BCUT2D eigenvalue weighted by Crippen LogP contribution is -2.37. The minimum absolute atomic E-state index is 0.315. The number of nitrogens with zero attached hydrogens (tertiary/aromatic N) is 1. The average Bonchev–Trinajstić information content (AvgIpc) is 2.49. The van der Waals surface area contributed by atoms with E-state index in [-0.39, 0.29) is 0 Å². The number of hydrogen-bond acceptors (Lipinski definition) is 1. The summed E-state index contributed by atoms with van der Waals surface area (Å²) in [5.74, 6) is 3.45. The Balaban J connectivity index is 0. The first-order chi connectivity index (χ1) is 10.3. The Morgan fingerprint density at radius 1 is 1.14 bits per heavy atom. The van der Waals surface area contributed by atoms with Crippen LogP contribution in [0.2, 0.25) is 0 Å². The second-order valence-corrected chi connectivity index (χ2v) is 7.01. The molecule has 0 aliphatic carbocycles. The third kappa shape index (κ3) is 10.2. The number of amides is 1. The van der Waals surface area contributed by atoms with Crippen LogP contribution in [0, 0.1) is 23.7 Å². The highest BCUT2D eigenvalue weighted by Crippen LogP contribution is 2.24. The van der Waals surface area contributed by atoms with Gasteiger partial charge >= 0.3 is 0 Å². The minimum Gasteiger partial charge on any atom is -0.346 e. The molecule has 1 rings (SSSR count). The van der Waals surface area contributed by atoms with Gasteiger partial charge in [0, 0.05) is 20.0 Å². The molecule has 0 aromatic rings. The van der Waals surface area contributed by atoms with Crippen LogP contribution in [0.15, 0.2) is 0 Å². The molecule has 0 saturated carbocycles. The van der Waals surface area contributed by atoms with Crippen molar-refractivity contribution < 1.29 is 4.79 Å². The van der Waals surface area contributed by atoms with E-state index in [9.17, 15) is 4.79 Å². The van der Waals surface area contributed by atoms with E-state index in [1.54, 1.807) is 0 Å². The highest BCUT2D eigenvalue weighted by atomic mass is 16.2. The summed E-state index contributed by atoms with van der Waals surface area (Å²) in [6.07, 6.45) is 6.05. The zero-order chi connectivity index (χ0) is 17.7. The zero-order valence-electron chi connectivity index (χ0n) is 16.9. The van der Waals surface area contributed by atoms with Crippen LogP contribution < -0.4 is 0 Å². The average molecular weight is 314 g/mol. The molecule has 1 heterocycles. The third-order valence-electron chi connectivity index (χ3n) is 4.77. The van der Waals surface area contributed by atoms with Gasteiger partial charge in [-0.15, -0.1) is 0 Å². The van der Waals surface area contributed by atoms with Crippen LogP contribution in [0.1, 0.15) is 87.5 Å². The van der Waals surface area contributed by atoms with Gasteiger partial charge in [-0.25, -0.2) is 0 Å². The van der Waals surface area contributed by atoms with Gasteiger partial charge in [0.05, 0.1) is 0 Å². The Morgan fingerprint density at radius 3 is 1.95 bits per heavy atom. The Kier molecular flexibility index (Phi) is 15.2. The maximum Gasteiger partial charge on any atom is 0.222 e. The molecule has 2 atom stereocenters. The minimum atomic E-state index is 0.315. The fourth-order valence-electron chi connectivity index (χ4n) is 2.92. The zero-order valence-corrected chi connectivity index (χ0v) is 16.9. The van der Waals surface area contributed by atoms with Gasteiger partial charge in [-0.05, 0) is 30.1 Å². The number of carbonyl (C=O) groups is 1. The predicted molar refractivity (Wildman–Crippen MR) is 100 cm³/mol. The number of likely N-dealkylation sites (tertiary alicyclic amines) is 1. The van der Waals surface area contributed by atoms with E-state index in [0.29, 0.717) is 17.7 Å². The highest BCUT2D eigenvalue weighted by molar-refractivity contribution is 5.76. The smallest absolute Gasteiger partial charge is 0.222 e. The monoisotopic (exact) mass is 313 g/mol. The topological polar surface area (TPSA) is 20.3 Å². The molecule has 2 nitrogen and oxygen atoms in total. The van der Waals surface area contributed by atoms with Crippen molar-refractivity contribution in [2.75, 3.05) is 13.6 Å². The van der Waals surface area contributed by atoms with Crippen molar-refractivity contribution in [3.63, 3.8) is 0 Å². The van der Waals surface area contributed by atoms with Gasteiger partial charge in [-0.2, -0.15) is 0 Å². The molecule has 1 amide bonds. The number of carbonyl (C=O) groups excluding carboxylic acids is 1. The molecular weight excluding hydrogens is 270 g/mol. The van der Waals surface area contributed by atoms with Crippen molar-refractivity contribution in [2.24, 2.45) is 23.7 Å². The van der Waals surface area contributed by atoms with Crippen molar-refractivity contribution in [1.82, 2.24) is 4.90 Å².